The maximum atomic E-state index is 12.3. The summed E-state index contributed by atoms with van der Waals surface area (Å²) in [5.41, 5.74) is 1.48. The molecule has 0 atom stereocenters. The van der Waals surface area contributed by atoms with Crippen molar-refractivity contribution >= 4 is 35.3 Å². The monoisotopic (exact) mass is 451 g/mol. The number of benzene rings is 1. The van der Waals surface area contributed by atoms with E-state index in [2.05, 4.69) is 30.9 Å². The van der Waals surface area contributed by atoms with Gasteiger partial charge in [-0.2, -0.15) is 15.4 Å². The minimum Gasteiger partial charge on any atom is -0.445 e. The number of likely N-dealkylation sites (tertiary alicyclic amines) is 1. The number of ether oxygens (including phenoxy) is 1. The van der Waals surface area contributed by atoms with Crippen molar-refractivity contribution in [1.82, 2.24) is 30.5 Å². The van der Waals surface area contributed by atoms with E-state index >= 15 is 0 Å². The minimum absolute atomic E-state index is 0.0934. The third-order valence-corrected chi connectivity index (χ3v) is 5.15. The van der Waals surface area contributed by atoms with Crippen LogP contribution in [0.3, 0.4) is 0 Å². The van der Waals surface area contributed by atoms with E-state index < -0.39 is 0 Å². The fourth-order valence-corrected chi connectivity index (χ4v) is 3.76. The molecule has 3 heterocycles. The number of carbonyl (C=O) groups excluding carboxylic acids is 1. The highest BCUT2D eigenvalue weighted by molar-refractivity contribution is 6.34. The Kier molecular flexibility index (Phi) is 6.34. The zero-order valence-corrected chi connectivity index (χ0v) is 17.4. The normalized spacial score (nSPS) is 14.7. The van der Waals surface area contributed by atoms with E-state index in [1.54, 1.807) is 29.3 Å². The number of nitrogens with one attached hydrogen (secondary N) is 2. The van der Waals surface area contributed by atoms with Gasteiger partial charge in [-0.25, -0.2) is 4.79 Å². The van der Waals surface area contributed by atoms with E-state index in [0.717, 1.165) is 11.3 Å². The summed E-state index contributed by atoms with van der Waals surface area (Å²) < 4.78 is 11.1. The number of aromatic amines is 1. The van der Waals surface area contributed by atoms with Gasteiger partial charge in [-0.05, 0) is 36.6 Å². The number of H-pyrrole nitrogens is 1. The second-order valence-electron chi connectivity index (χ2n) is 6.85. The quantitative estimate of drug-likeness (QED) is 0.582. The number of amides is 1. The molecule has 3 aromatic rings. The van der Waals surface area contributed by atoms with E-state index in [1.165, 1.54) is 0 Å². The van der Waals surface area contributed by atoms with Crippen LogP contribution in [0.5, 0.6) is 0 Å². The number of hydrogen-bond donors (Lipinski definition) is 2. The van der Waals surface area contributed by atoms with Gasteiger partial charge in [-0.1, -0.05) is 28.3 Å². The number of halogens is 2. The first-order valence-corrected chi connectivity index (χ1v) is 10.1. The fourth-order valence-electron chi connectivity index (χ4n) is 3.19. The predicted molar refractivity (Wildman–Crippen MR) is 108 cm³/mol. The zero-order chi connectivity index (χ0) is 20.9. The topological polar surface area (TPSA) is 122 Å². The van der Waals surface area contributed by atoms with Gasteiger partial charge in [0.05, 0.1) is 12.7 Å². The van der Waals surface area contributed by atoms with Crippen LogP contribution in [0.1, 0.15) is 35.9 Å². The molecule has 0 radical (unpaired) electrons. The summed E-state index contributed by atoms with van der Waals surface area (Å²) in [6.45, 7) is 1.64. The minimum atomic E-state index is -0.370. The molecule has 0 unspecified atom stereocenters. The molecule has 1 aliphatic rings. The van der Waals surface area contributed by atoms with Gasteiger partial charge in [0.25, 0.3) is 0 Å². The average Bonchev–Trinajstić information content (AvgIpc) is 3.42. The summed E-state index contributed by atoms with van der Waals surface area (Å²) >= 11 is 11.9. The molecule has 10 nitrogen and oxygen atoms in total. The van der Waals surface area contributed by atoms with E-state index in [9.17, 15) is 4.79 Å². The van der Waals surface area contributed by atoms with Gasteiger partial charge in [0.15, 0.2) is 0 Å². The lowest BCUT2D eigenvalue weighted by Crippen LogP contribution is -2.38. The Morgan fingerprint density at radius 2 is 2.00 bits per heavy atom. The number of aromatic nitrogens is 5. The third kappa shape index (κ3) is 5.19. The molecule has 158 valence electrons. The van der Waals surface area contributed by atoms with Crippen LogP contribution in [0.4, 0.5) is 10.8 Å². The maximum Gasteiger partial charge on any atom is 0.410 e. The summed E-state index contributed by atoms with van der Waals surface area (Å²) in [6.07, 6.45) is 2.66. The molecular weight excluding hydrogens is 433 g/mol. The SMILES string of the molecule is O=C(OCc1cc(Cl)cc(Cl)c1)N1CCC(c2nnc(NCc3cn[nH]n3)o2)CC1. The molecule has 0 saturated carbocycles. The molecule has 1 aliphatic heterocycles. The van der Waals surface area contributed by atoms with E-state index in [-0.39, 0.29) is 18.6 Å². The van der Waals surface area contributed by atoms with Crippen molar-refractivity contribution in [2.45, 2.75) is 31.9 Å². The van der Waals surface area contributed by atoms with Crippen molar-refractivity contribution in [2.75, 3.05) is 18.4 Å². The van der Waals surface area contributed by atoms with Crippen LogP contribution >= 0.6 is 23.2 Å². The highest BCUT2D eigenvalue weighted by Gasteiger charge is 2.28. The van der Waals surface area contributed by atoms with Gasteiger partial charge >= 0.3 is 12.1 Å². The van der Waals surface area contributed by atoms with Crippen molar-refractivity contribution in [2.24, 2.45) is 0 Å². The molecule has 0 spiro atoms. The Labute approximate surface area is 181 Å². The van der Waals surface area contributed by atoms with Crippen LogP contribution in [-0.4, -0.2) is 49.7 Å². The van der Waals surface area contributed by atoms with Crippen molar-refractivity contribution in [3.63, 3.8) is 0 Å². The lowest BCUT2D eigenvalue weighted by molar-refractivity contribution is 0.0856. The molecule has 1 saturated heterocycles. The van der Waals surface area contributed by atoms with Crippen LogP contribution in [0.25, 0.3) is 0 Å². The number of nitrogens with zero attached hydrogens (tertiary/aromatic N) is 5. The first-order chi connectivity index (χ1) is 14.6. The van der Waals surface area contributed by atoms with Crippen molar-refractivity contribution in [1.29, 1.82) is 0 Å². The summed E-state index contributed by atoms with van der Waals surface area (Å²) in [5, 5.41) is 22.4. The smallest absolute Gasteiger partial charge is 0.410 e. The van der Waals surface area contributed by atoms with Gasteiger partial charge in [0.2, 0.25) is 5.89 Å². The Morgan fingerprint density at radius 3 is 2.70 bits per heavy atom. The Bertz CT molecular complexity index is 967. The van der Waals surface area contributed by atoms with Gasteiger partial charge in [-0.3, -0.25) is 0 Å². The lowest BCUT2D eigenvalue weighted by atomic mass is 9.97. The Morgan fingerprint density at radius 1 is 1.23 bits per heavy atom. The van der Waals surface area contributed by atoms with Gasteiger partial charge in [0, 0.05) is 29.1 Å². The first-order valence-electron chi connectivity index (χ1n) is 9.35. The summed E-state index contributed by atoms with van der Waals surface area (Å²) in [6, 6.07) is 5.40. The van der Waals surface area contributed by atoms with Gasteiger partial charge in [0.1, 0.15) is 12.3 Å². The van der Waals surface area contributed by atoms with E-state index in [1.807, 2.05) is 0 Å². The molecule has 1 amide bonds. The van der Waals surface area contributed by atoms with Crippen molar-refractivity contribution in [3.8, 4) is 0 Å². The van der Waals surface area contributed by atoms with Crippen LogP contribution in [0, 0.1) is 0 Å². The molecule has 1 fully saturated rings. The number of carbonyl (C=O) groups is 1. The standard InChI is InChI=1S/C18H19Cl2N7O3/c19-13-5-11(6-14(20)7-13)10-29-18(28)27-3-1-12(2-4-27)16-24-25-17(30-16)21-8-15-9-22-26-23-15/h5-7,9,12H,1-4,8,10H2,(H,21,25)(H,22,23,26). The number of rotatable bonds is 6. The van der Waals surface area contributed by atoms with E-state index in [4.69, 9.17) is 32.4 Å². The summed E-state index contributed by atoms with van der Waals surface area (Å²) in [7, 11) is 0. The van der Waals surface area contributed by atoms with Crippen molar-refractivity contribution < 1.29 is 13.9 Å². The van der Waals surface area contributed by atoms with Crippen LogP contribution in [0.2, 0.25) is 10.0 Å². The highest BCUT2D eigenvalue weighted by atomic mass is 35.5. The number of hydrogen-bond acceptors (Lipinski definition) is 8. The Hall–Kier alpha value is -2.85. The third-order valence-electron chi connectivity index (χ3n) is 4.71. The second kappa shape index (κ2) is 9.31. The summed E-state index contributed by atoms with van der Waals surface area (Å²) in [5.74, 6) is 0.648. The van der Waals surface area contributed by atoms with Gasteiger partial charge < -0.3 is 19.4 Å². The largest absolute Gasteiger partial charge is 0.445 e. The molecule has 1 aromatic carbocycles. The predicted octanol–water partition coefficient (Wildman–Crippen LogP) is 3.62. The van der Waals surface area contributed by atoms with Crippen LogP contribution < -0.4 is 5.32 Å². The number of piperidine rings is 1. The molecular formula is C18H19Cl2N7O3. The molecule has 2 aromatic heterocycles. The number of anilines is 1. The van der Waals surface area contributed by atoms with Crippen LogP contribution in [-0.2, 0) is 17.9 Å². The van der Waals surface area contributed by atoms with Gasteiger partial charge in [-0.15, -0.1) is 5.10 Å². The molecule has 30 heavy (non-hydrogen) atoms. The molecule has 2 N–H and O–H groups in total. The maximum absolute atomic E-state index is 12.3. The fraction of sp³-hybridized carbons (Fsp3) is 0.389. The van der Waals surface area contributed by atoms with Crippen molar-refractivity contribution in [3.05, 3.63) is 51.6 Å². The molecule has 0 aliphatic carbocycles. The Balaban J connectivity index is 1.24. The lowest BCUT2D eigenvalue weighted by Gasteiger charge is -2.29. The average molecular weight is 452 g/mol. The molecule has 4 rings (SSSR count). The highest BCUT2D eigenvalue weighted by Crippen LogP contribution is 2.28. The zero-order valence-electron chi connectivity index (χ0n) is 15.8. The summed E-state index contributed by atoms with van der Waals surface area (Å²) in [4.78, 5) is 14.0. The molecule has 0 bridgehead atoms. The second-order valence-corrected chi connectivity index (χ2v) is 7.73. The first kappa shape index (κ1) is 20.4. The van der Waals surface area contributed by atoms with E-state index in [0.29, 0.717) is 54.4 Å². The van der Waals surface area contributed by atoms with Crippen LogP contribution in [0.15, 0.2) is 28.8 Å². The molecule has 12 heteroatoms.